The molecule has 0 amide bonds. The summed E-state index contributed by atoms with van der Waals surface area (Å²) in [4.78, 5) is 13.3. The molecule has 0 bridgehead atoms. The van der Waals surface area contributed by atoms with Crippen molar-refractivity contribution in [3.8, 4) is 0 Å². The lowest BCUT2D eigenvalue weighted by Crippen LogP contribution is -2.12. The number of aryl methyl sites for hydroxylation is 1. The summed E-state index contributed by atoms with van der Waals surface area (Å²) >= 11 is 8.38. The summed E-state index contributed by atoms with van der Waals surface area (Å²) in [6.07, 6.45) is 1.67. The first-order chi connectivity index (χ1) is 9.13. The van der Waals surface area contributed by atoms with Crippen molar-refractivity contribution in [1.82, 2.24) is 9.78 Å². The van der Waals surface area contributed by atoms with Crippen LogP contribution in [0.25, 0.3) is 0 Å². The van der Waals surface area contributed by atoms with E-state index in [9.17, 15) is 4.79 Å². The Morgan fingerprint density at radius 2 is 2.05 bits per heavy atom. The quantitative estimate of drug-likeness (QED) is 0.548. The highest BCUT2D eigenvalue weighted by Crippen LogP contribution is 2.28. The number of ketones is 1. The molecule has 2 rings (SSSR count). The van der Waals surface area contributed by atoms with Crippen molar-refractivity contribution in [2.75, 3.05) is 5.75 Å². The van der Waals surface area contributed by atoms with Gasteiger partial charge in [-0.3, -0.25) is 9.48 Å². The molecule has 0 unspecified atom stereocenters. The van der Waals surface area contributed by atoms with E-state index >= 15 is 0 Å². The fourth-order valence-corrected chi connectivity index (χ4v) is 3.60. The van der Waals surface area contributed by atoms with Gasteiger partial charge in [0.1, 0.15) is 5.69 Å². The lowest BCUT2D eigenvalue weighted by atomic mass is 10.3. The molecule has 0 aliphatic rings. The third-order valence-corrected chi connectivity index (χ3v) is 5.16. The minimum atomic E-state index is 0.0759. The lowest BCUT2D eigenvalue weighted by molar-refractivity contribution is 0.101. The minimum Gasteiger partial charge on any atom is -0.291 e. The molecule has 0 spiro atoms. The number of carbonyl (C=O) groups is 1. The Morgan fingerprint density at radius 1 is 1.32 bits per heavy atom. The zero-order valence-corrected chi connectivity index (χ0v) is 14.3. The average Bonchev–Trinajstić information content (AvgIpc) is 2.78. The number of carbonyl (C=O) groups excluding carboxylic acids is 1. The van der Waals surface area contributed by atoms with Crippen molar-refractivity contribution in [3.63, 3.8) is 0 Å². The summed E-state index contributed by atoms with van der Waals surface area (Å²) < 4.78 is 3.48. The predicted octanol–water partition coefficient (Wildman–Crippen LogP) is 4.40. The van der Waals surface area contributed by atoms with Gasteiger partial charge in [-0.2, -0.15) is 5.10 Å². The number of nitrogens with zero attached hydrogens (tertiary/aromatic N) is 2. The van der Waals surface area contributed by atoms with Crippen LogP contribution in [0.15, 0.2) is 44.3 Å². The number of Topliss-reactive ketones (excluding diaryl/α,β-unsaturated/α-hetero) is 1. The molecule has 100 valence electrons. The Balaban J connectivity index is 2.10. The van der Waals surface area contributed by atoms with E-state index in [0.29, 0.717) is 18.0 Å². The van der Waals surface area contributed by atoms with Gasteiger partial charge in [-0.25, -0.2) is 0 Å². The van der Waals surface area contributed by atoms with E-state index in [4.69, 9.17) is 0 Å². The number of aromatic nitrogens is 2. The Labute approximate surface area is 133 Å². The van der Waals surface area contributed by atoms with Crippen LogP contribution < -0.4 is 0 Å². The summed E-state index contributed by atoms with van der Waals surface area (Å²) in [5.74, 6) is 0.472. The Hall–Kier alpha value is -0.590. The minimum absolute atomic E-state index is 0.0759. The van der Waals surface area contributed by atoms with E-state index in [1.165, 1.54) is 11.8 Å². The fraction of sp³-hybridized carbons (Fsp3) is 0.231. The molecular formula is C13H12Br2N2OS. The first-order valence-electron chi connectivity index (χ1n) is 5.75. The van der Waals surface area contributed by atoms with Crippen LogP contribution in [0.5, 0.6) is 0 Å². The second-order valence-electron chi connectivity index (χ2n) is 3.80. The molecule has 1 aromatic heterocycles. The monoisotopic (exact) mass is 402 g/mol. The molecule has 0 aliphatic carbocycles. The van der Waals surface area contributed by atoms with Crippen LogP contribution in [0.1, 0.15) is 17.4 Å². The molecule has 0 aliphatic heterocycles. The molecule has 3 nitrogen and oxygen atoms in total. The number of hydrogen-bond acceptors (Lipinski definition) is 3. The van der Waals surface area contributed by atoms with E-state index < -0.39 is 0 Å². The molecule has 0 N–H and O–H groups in total. The Bertz CT molecular complexity index is 598. The third-order valence-electron chi connectivity index (χ3n) is 2.55. The van der Waals surface area contributed by atoms with E-state index in [1.807, 2.05) is 31.2 Å². The number of rotatable bonds is 5. The van der Waals surface area contributed by atoms with Gasteiger partial charge in [0.15, 0.2) is 5.78 Å². The Morgan fingerprint density at radius 3 is 2.74 bits per heavy atom. The zero-order chi connectivity index (χ0) is 13.8. The summed E-state index contributed by atoms with van der Waals surface area (Å²) in [5.41, 5.74) is 0.641. The van der Waals surface area contributed by atoms with Crippen LogP contribution in [-0.4, -0.2) is 21.3 Å². The van der Waals surface area contributed by atoms with E-state index in [-0.39, 0.29) is 5.78 Å². The van der Waals surface area contributed by atoms with E-state index in [1.54, 1.807) is 10.9 Å². The van der Waals surface area contributed by atoms with Crippen LogP contribution in [-0.2, 0) is 6.54 Å². The molecule has 0 saturated heterocycles. The van der Waals surface area contributed by atoms with Gasteiger partial charge in [-0.1, -0.05) is 12.1 Å². The summed E-state index contributed by atoms with van der Waals surface area (Å²) in [5, 5.41) is 4.16. The number of hydrogen-bond donors (Lipinski definition) is 0. The van der Waals surface area contributed by atoms with Gasteiger partial charge < -0.3 is 0 Å². The molecule has 1 heterocycles. The largest absolute Gasteiger partial charge is 0.291 e. The zero-order valence-electron chi connectivity index (χ0n) is 10.3. The highest BCUT2D eigenvalue weighted by Gasteiger charge is 2.16. The van der Waals surface area contributed by atoms with Gasteiger partial charge in [0, 0.05) is 15.9 Å². The van der Waals surface area contributed by atoms with Gasteiger partial charge in [-0.15, -0.1) is 11.8 Å². The molecule has 0 saturated carbocycles. The maximum absolute atomic E-state index is 12.3. The first kappa shape index (κ1) is 14.8. The maximum Gasteiger partial charge on any atom is 0.192 e. The molecule has 0 radical (unpaired) electrons. The summed E-state index contributed by atoms with van der Waals surface area (Å²) in [6.45, 7) is 2.66. The van der Waals surface area contributed by atoms with Crippen molar-refractivity contribution in [3.05, 3.63) is 45.1 Å². The number of halogens is 2. The van der Waals surface area contributed by atoms with E-state index in [0.717, 1.165) is 13.8 Å². The molecule has 6 heteroatoms. The number of benzene rings is 1. The highest BCUT2D eigenvalue weighted by atomic mass is 79.9. The highest BCUT2D eigenvalue weighted by molar-refractivity contribution is 9.10. The molecule has 0 fully saturated rings. The van der Waals surface area contributed by atoms with Gasteiger partial charge in [0.25, 0.3) is 0 Å². The van der Waals surface area contributed by atoms with Gasteiger partial charge >= 0.3 is 0 Å². The number of thioether (sulfide) groups is 1. The first-order valence-corrected chi connectivity index (χ1v) is 8.32. The van der Waals surface area contributed by atoms with Crippen molar-refractivity contribution in [2.24, 2.45) is 0 Å². The predicted molar refractivity (Wildman–Crippen MR) is 84.8 cm³/mol. The molecule has 1 aromatic carbocycles. The standard InChI is InChI=1S/C13H12Br2N2OS/c1-2-17-13(10(15)7-16-17)11(18)8-19-12-6-4-3-5-9(12)14/h3-7H,2,8H2,1H3. The third kappa shape index (κ3) is 3.49. The topological polar surface area (TPSA) is 34.9 Å². The van der Waals surface area contributed by atoms with Crippen molar-refractivity contribution in [1.29, 1.82) is 0 Å². The van der Waals surface area contributed by atoms with Crippen LogP contribution >= 0.6 is 43.6 Å². The summed E-state index contributed by atoms with van der Waals surface area (Å²) in [7, 11) is 0. The van der Waals surface area contributed by atoms with E-state index in [2.05, 4.69) is 37.0 Å². The molecule has 0 atom stereocenters. The SMILES string of the molecule is CCn1ncc(Br)c1C(=O)CSc1ccccc1Br. The van der Waals surface area contributed by atoms with Gasteiger partial charge in [0.05, 0.1) is 16.4 Å². The van der Waals surface area contributed by atoms with Gasteiger partial charge in [0.2, 0.25) is 0 Å². The van der Waals surface area contributed by atoms with Crippen molar-refractivity contribution >= 4 is 49.4 Å². The van der Waals surface area contributed by atoms with Crippen LogP contribution in [0, 0.1) is 0 Å². The second-order valence-corrected chi connectivity index (χ2v) is 6.53. The fourth-order valence-electron chi connectivity index (χ4n) is 1.65. The van der Waals surface area contributed by atoms with Crippen molar-refractivity contribution in [2.45, 2.75) is 18.4 Å². The Kier molecular flexibility index (Phi) is 5.24. The smallest absolute Gasteiger partial charge is 0.192 e. The normalized spacial score (nSPS) is 10.7. The molecule has 19 heavy (non-hydrogen) atoms. The molecule has 2 aromatic rings. The summed E-state index contributed by atoms with van der Waals surface area (Å²) in [6, 6.07) is 7.88. The maximum atomic E-state index is 12.3. The molecular weight excluding hydrogens is 392 g/mol. The lowest BCUT2D eigenvalue weighted by Gasteiger charge is -2.06. The second kappa shape index (κ2) is 6.72. The average molecular weight is 404 g/mol. The van der Waals surface area contributed by atoms with Crippen LogP contribution in [0.2, 0.25) is 0 Å². The van der Waals surface area contributed by atoms with Gasteiger partial charge in [-0.05, 0) is 50.9 Å². The van der Waals surface area contributed by atoms with Crippen molar-refractivity contribution < 1.29 is 4.79 Å². The van der Waals surface area contributed by atoms with Crippen LogP contribution in [0.3, 0.4) is 0 Å². The van der Waals surface area contributed by atoms with Crippen LogP contribution in [0.4, 0.5) is 0 Å².